The minimum Gasteiger partial charge on any atom is -0.496 e. The highest BCUT2D eigenvalue weighted by Gasteiger charge is 2.19. The Morgan fingerprint density at radius 1 is 1.24 bits per heavy atom. The van der Waals surface area contributed by atoms with E-state index in [-0.39, 0.29) is 5.91 Å². The van der Waals surface area contributed by atoms with Crippen LogP contribution in [-0.2, 0) is 0 Å². The monoisotopic (exact) mass is 289 g/mol. The van der Waals surface area contributed by atoms with Gasteiger partial charge in [0.25, 0.3) is 5.91 Å². The Labute approximate surface area is 128 Å². The summed E-state index contributed by atoms with van der Waals surface area (Å²) in [6.45, 7) is 9.09. The summed E-state index contributed by atoms with van der Waals surface area (Å²) < 4.78 is 5.21. The number of hydrogen-bond acceptors (Lipinski definition) is 2. The van der Waals surface area contributed by atoms with E-state index in [1.165, 1.54) is 25.7 Å². The lowest BCUT2D eigenvalue weighted by Crippen LogP contribution is -2.31. The Bertz CT molecular complexity index is 437. The number of rotatable bonds is 4. The molecule has 3 nitrogen and oxygen atoms in total. The molecular formula is C18H27NO2. The third-order valence-corrected chi connectivity index (χ3v) is 4.04. The zero-order chi connectivity index (χ0) is 15.7. The minimum atomic E-state index is -0.0314. The second-order valence-electron chi connectivity index (χ2n) is 5.54. The standard InChI is InChI=1S/C16H23NO2.C2H4/c1-12-7-9-13(10-8-12)11-17-16(18)14-5-3-4-6-15(14)19-2;1-2/h3-6,12-13H,7-11H2,1-2H3,(H,17,18);1-2H2. The second-order valence-corrected chi connectivity index (χ2v) is 5.54. The van der Waals surface area contributed by atoms with Gasteiger partial charge in [0.1, 0.15) is 5.75 Å². The SMILES string of the molecule is C=C.COc1ccccc1C(=O)NCC1CCC(C)CC1. The van der Waals surface area contributed by atoms with Gasteiger partial charge in [0, 0.05) is 6.54 Å². The lowest BCUT2D eigenvalue weighted by atomic mass is 9.83. The van der Waals surface area contributed by atoms with Gasteiger partial charge in [0.05, 0.1) is 12.7 Å². The van der Waals surface area contributed by atoms with Crippen molar-refractivity contribution in [2.75, 3.05) is 13.7 Å². The van der Waals surface area contributed by atoms with Crippen LogP contribution in [0.4, 0.5) is 0 Å². The summed E-state index contributed by atoms with van der Waals surface area (Å²) in [4.78, 5) is 12.1. The molecule has 1 amide bonds. The number of nitrogens with one attached hydrogen (secondary N) is 1. The first kappa shape index (κ1) is 17.3. The molecule has 1 fully saturated rings. The Hall–Kier alpha value is -1.77. The average Bonchev–Trinajstić information content (AvgIpc) is 2.56. The van der Waals surface area contributed by atoms with Gasteiger partial charge in [0.2, 0.25) is 0 Å². The molecule has 1 aliphatic rings. The molecule has 0 heterocycles. The molecule has 1 aromatic rings. The van der Waals surface area contributed by atoms with Crippen molar-refractivity contribution in [2.24, 2.45) is 11.8 Å². The van der Waals surface area contributed by atoms with Crippen LogP contribution in [0.2, 0.25) is 0 Å². The van der Waals surface area contributed by atoms with E-state index < -0.39 is 0 Å². The zero-order valence-corrected chi connectivity index (χ0v) is 13.2. The lowest BCUT2D eigenvalue weighted by molar-refractivity contribution is 0.0939. The van der Waals surface area contributed by atoms with Gasteiger partial charge in [-0.1, -0.05) is 31.9 Å². The number of methoxy groups -OCH3 is 1. The predicted molar refractivity (Wildman–Crippen MR) is 87.7 cm³/mol. The van der Waals surface area contributed by atoms with Gasteiger partial charge in [-0.25, -0.2) is 0 Å². The van der Waals surface area contributed by atoms with Gasteiger partial charge in [0.15, 0.2) is 0 Å². The van der Waals surface area contributed by atoms with Gasteiger partial charge in [-0.15, -0.1) is 13.2 Å². The molecule has 2 rings (SSSR count). The molecule has 116 valence electrons. The molecule has 0 radical (unpaired) electrons. The van der Waals surface area contributed by atoms with E-state index in [2.05, 4.69) is 25.4 Å². The maximum Gasteiger partial charge on any atom is 0.255 e. The largest absolute Gasteiger partial charge is 0.496 e. The van der Waals surface area contributed by atoms with Crippen LogP contribution in [0.3, 0.4) is 0 Å². The molecule has 0 aliphatic heterocycles. The van der Waals surface area contributed by atoms with Crippen molar-refractivity contribution >= 4 is 5.91 Å². The number of carbonyl (C=O) groups excluding carboxylic acids is 1. The number of carbonyl (C=O) groups is 1. The van der Waals surface area contributed by atoms with Crippen LogP contribution in [0, 0.1) is 11.8 Å². The highest BCUT2D eigenvalue weighted by atomic mass is 16.5. The number of amides is 1. The predicted octanol–water partition coefficient (Wildman–Crippen LogP) is 4.05. The Morgan fingerprint density at radius 3 is 2.48 bits per heavy atom. The fourth-order valence-corrected chi connectivity index (χ4v) is 2.70. The van der Waals surface area contributed by atoms with Gasteiger partial charge < -0.3 is 10.1 Å². The maximum absolute atomic E-state index is 12.1. The number of ether oxygens (including phenoxy) is 1. The second kappa shape index (κ2) is 9.22. The van der Waals surface area contributed by atoms with E-state index in [1.807, 2.05) is 18.2 Å². The minimum absolute atomic E-state index is 0.0314. The Morgan fingerprint density at radius 2 is 1.86 bits per heavy atom. The van der Waals surface area contributed by atoms with Crippen molar-refractivity contribution in [2.45, 2.75) is 32.6 Å². The van der Waals surface area contributed by atoms with Gasteiger partial charge in [-0.3, -0.25) is 4.79 Å². The van der Waals surface area contributed by atoms with E-state index in [4.69, 9.17) is 4.74 Å². The molecule has 0 unspecified atom stereocenters. The van der Waals surface area contributed by atoms with Gasteiger partial charge >= 0.3 is 0 Å². The number of para-hydroxylation sites is 1. The highest BCUT2D eigenvalue weighted by Crippen LogP contribution is 2.27. The molecule has 1 aromatic carbocycles. The third kappa shape index (κ3) is 5.25. The van der Waals surface area contributed by atoms with Crippen molar-refractivity contribution in [3.05, 3.63) is 43.0 Å². The molecule has 1 N–H and O–H groups in total. The fourth-order valence-electron chi connectivity index (χ4n) is 2.70. The fraction of sp³-hybridized carbons (Fsp3) is 0.500. The first-order chi connectivity index (χ1) is 10.2. The topological polar surface area (TPSA) is 38.3 Å². The summed E-state index contributed by atoms with van der Waals surface area (Å²) in [6, 6.07) is 7.35. The summed E-state index contributed by atoms with van der Waals surface area (Å²) in [5, 5.41) is 3.04. The molecule has 3 heteroatoms. The van der Waals surface area contributed by atoms with E-state index >= 15 is 0 Å². The Balaban J connectivity index is 0.00000106. The molecule has 0 saturated heterocycles. The average molecular weight is 289 g/mol. The molecular weight excluding hydrogens is 262 g/mol. The van der Waals surface area contributed by atoms with Crippen LogP contribution >= 0.6 is 0 Å². The van der Waals surface area contributed by atoms with Crippen molar-refractivity contribution in [3.8, 4) is 5.75 Å². The smallest absolute Gasteiger partial charge is 0.255 e. The number of benzene rings is 1. The first-order valence-electron chi connectivity index (χ1n) is 7.62. The summed E-state index contributed by atoms with van der Waals surface area (Å²) >= 11 is 0. The number of hydrogen-bond donors (Lipinski definition) is 1. The van der Waals surface area contributed by atoms with Gasteiger partial charge in [-0.2, -0.15) is 0 Å². The van der Waals surface area contributed by atoms with Crippen LogP contribution in [0.25, 0.3) is 0 Å². The molecule has 0 aromatic heterocycles. The summed E-state index contributed by atoms with van der Waals surface area (Å²) in [7, 11) is 1.59. The third-order valence-electron chi connectivity index (χ3n) is 4.04. The lowest BCUT2D eigenvalue weighted by Gasteiger charge is -2.26. The quantitative estimate of drug-likeness (QED) is 0.849. The summed E-state index contributed by atoms with van der Waals surface area (Å²) in [6.07, 6.45) is 5.03. The molecule has 0 atom stereocenters. The van der Waals surface area contributed by atoms with Crippen molar-refractivity contribution in [1.29, 1.82) is 0 Å². The molecule has 21 heavy (non-hydrogen) atoms. The highest BCUT2D eigenvalue weighted by molar-refractivity contribution is 5.96. The van der Waals surface area contributed by atoms with Crippen LogP contribution in [-0.4, -0.2) is 19.6 Å². The summed E-state index contributed by atoms with van der Waals surface area (Å²) in [5.74, 6) is 2.09. The van der Waals surface area contributed by atoms with E-state index in [9.17, 15) is 4.79 Å². The van der Waals surface area contributed by atoms with E-state index in [0.717, 1.165) is 12.5 Å². The van der Waals surface area contributed by atoms with Crippen molar-refractivity contribution in [1.82, 2.24) is 5.32 Å². The Kier molecular flexibility index (Phi) is 7.59. The van der Waals surface area contributed by atoms with E-state index in [0.29, 0.717) is 17.2 Å². The van der Waals surface area contributed by atoms with Crippen molar-refractivity contribution < 1.29 is 9.53 Å². The molecule has 0 bridgehead atoms. The normalized spacial score (nSPS) is 20.9. The van der Waals surface area contributed by atoms with Crippen molar-refractivity contribution in [3.63, 3.8) is 0 Å². The summed E-state index contributed by atoms with van der Waals surface area (Å²) in [5.41, 5.74) is 0.620. The first-order valence-corrected chi connectivity index (χ1v) is 7.62. The van der Waals surface area contributed by atoms with Gasteiger partial charge in [-0.05, 0) is 36.8 Å². The van der Waals surface area contributed by atoms with E-state index in [1.54, 1.807) is 13.2 Å². The van der Waals surface area contributed by atoms with Crippen LogP contribution in [0.5, 0.6) is 5.75 Å². The zero-order valence-electron chi connectivity index (χ0n) is 13.2. The maximum atomic E-state index is 12.1. The molecule has 1 saturated carbocycles. The molecule has 0 spiro atoms. The van der Waals surface area contributed by atoms with Crippen LogP contribution in [0.15, 0.2) is 37.4 Å². The van der Waals surface area contributed by atoms with Crippen LogP contribution < -0.4 is 10.1 Å². The van der Waals surface area contributed by atoms with Crippen LogP contribution in [0.1, 0.15) is 43.0 Å². The molecule has 1 aliphatic carbocycles.